The number of rotatable bonds is 29. The summed E-state index contributed by atoms with van der Waals surface area (Å²) in [6.07, 6.45) is 14.1. The number of aromatic nitrogens is 4. The lowest BCUT2D eigenvalue weighted by molar-refractivity contribution is -0.117. The van der Waals surface area contributed by atoms with E-state index in [4.69, 9.17) is 21.7 Å². The zero-order valence-electron chi connectivity index (χ0n) is 31.4. The molecule has 0 spiro atoms. The molecule has 0 aliphatic carbocycles. The molecule has 290 valence electrons. The molecular formula is C36H60N10O4S2. The first-order valence-electron chi connectivity index (χ1n) is 18.1. The number of aliphatic hydroxyl groups is 2. The molecule has 0 bridgehead atoms. The van der Waals surface area contributed by atoms with Gasteiger partial charge in [0.25, 0.3) is 0 Å². The van der Waals surface area contributed by atoms with Gasteiger partial charge in [0.05, 0.1) is 13.1 Å². The SMILES string of the molecule is C/C(=C(\CCNCCCCCCO)SS/C(CCNCCCCCCO)=C(/C)N(C=O)Cc1cnc(C)nc1N)N(C=O)Cc1cnc(C)nc1N. The molecule has 2 amide bonds. The summed E-state index contributed by atoms with van der Waals surface area (Å²) in [7, 11) is 3.17. The van der Waals surface area contributed by atoms with Crippen LogP contribution in [0.2, 0.25) is 0 Å². The lowest BCUT2D eigenvalue weighted by Gasteiger charge is -2.24. The first kappa shape index (κ1) is 44.9. The van der Waals surface area contributed by atoms with Crippen molar-refractivity contribution in [2.75, 3.05) is 50.9 Å². The first-order valence-corrected chi connectivity index (χ1v) is 20.3. The highest BCUT2D eigenvalue weighted by Crippen LogP contribution is 2.43. The zero-order valence-corrected chi connectivity index (χ0v) is 33.0. The molecule has 2 rings (SSSR count). The van der Waals surface area contributed by atoms with Crippen LogP contribution in [0.15, 0.2) is 33.6 Å². The largest absolute Gasteiger partial charge is 0.396 e. The molecule has 2 heterocycles. The van der Waals surface area contributed by atoms with Crippen molar-refractivity contribution < 1.29 is 19.8 Å². The minimum atomic E-state index is 0.222. The molecule has 2 aromatic rings. The van der Waals surface area contributed by atoms with Gasteiger partial charge in [-0.25, -0.2) is 19.9 Å². The number of nitrogens with zero attached hydrogens (tertiary/aromatic N) is 6. The van der Waals surface area contributed by atoms with E-state index in [0.29, 0.717) is 60.3 Å². The van der Waals surface area contributed by atoms with Crippen LogP contribution in [0.5, 0.6) is 0 Å². The van der Waals surface area contributed by atoms with Gasteiger partial charge in [0.1, 0.15) is 23.3 Å². The van der Waals surface area contributed by atoms with Gasteiger partial charge in [0, 0.05) is 57.9 Å². The van der Waals surface area contributed by atoms with E-state index in [9.17, 15) is 9.59 Å². The van der Waals surface area contributed by atoms with E-state index in [1.165, 1.54) is 0 Å². The molecule has 2 aromatic heterocycles. The van der Waals surface area contributed by atoms with Gasteiger partial charge in [-0.05, 0) is 92.4 Å². The van der Waals surface area contributed by atoms with E-state index >= 15 is 0 Å². The van der Waals surface area contributed by atoms with Gasteiger partial charge in [0.15, 0.2) is 0 Å². The van der Waals surface area contributed by atoms with Gasteiger partial charge in [-0.15, -0.1) is 0 Å². The number of unbranched alkanes of at least 4 members (excludes halogenated alkanes) is 6. The Morgan fingerprint density at radius 1 is 0.673 bits per heavy atom. The maximum absolute atomic E-state index is 12.5. The van der Waals surface area contributed by atoms with Crippen LogP contribution in [0.1, 0.15) is 101 Å². The molecule has 0 atom stereocenters. The number of nitrogens with one attached hydrogen (secondary N) is 2. The Bertz CT molecular complexity index is 1320. The molecule has 0 aliphatic heterocycles. The summed E-state index contributed by atoms with van der Waals surface area (Å²) in [6.45, 7) is 11.5. The molecule has 14 nitrogen and oxygen atoms in total. The van der Waals surface area contributed by atoms with Crippen LogP contribution in [0.4, 0.5) is 11.6 Å². The summed E-state index contributed by atoms with van der Waals surface area (Å²) in [6, 6.07) is 0. The van der Waals surface area contributed by atoms with E-state index in [2.05, 4.69) is 30.6 Å². The maximum atomic E-state index is 12.5. The summed E-state index contributed by atoms with van der Waals surface area (Å²) in [4.78, 5) is 47.3. The number of aliphatic hydroxyl groups excluding tert-OH is 2. The lowest BCUT2D eigenvalue weighted by Crippen LogP contribution is -2.23. The van der Waals surface area contributed by atoms with Crippen LogP contribution in [-0.4, -0.2) is 92.2 Å². The normalized spacial score (nSPS) is 12.3. The monoisotopic (exact) mass is 760 g/mol. The van der Waals surface area contributed by atoms with Crippen molar-refractivity contribution in [3.05, 3.63) is 56.4 Å². The Morgan fingerprint density at radius 3 is 1.40 bits per heavy atom. The van der Waals surface area contributed by atoms with E-state index < -0.39 is 0 Å². The third-order valence-electron chi connectivity index (χ3n) is 8.47. The van der Waals surface area contributed by atoms with Gasteiger partial charge in [0.2, 0.25) is 12.8 Å². The highest BCUT2D eigenvalue weighted by molar-refractivity contribution is 8.79. The number of aryl methyl sites for hydroxylation is 2. The molecule has 0 aromatic carbocycles. The second kappa shape index (κ2) is 26.5. The average Bonchev–Trinajstić information content (AvgIpc) is 3.13. The number of carbonyl (C=O) groups is 2. The van der Waals surface area contributed by atoms with Gasteiger partial charge < -0.3 is 42.1 Å². The molecule has 8 N–H and O–H groups in total. The fourth-order valence-electron chi connectivity index (χ4n) is 5.18. The smallest absolute Gasteiger partial charge is 0.214 e. The average molecular weight is 761 g/mol. The molecule has 0 radical (unpaired) electrons. The predicted octanol–water partition coefficient (Wildman–Crippen LogP) is 4.57. The maximum Gasteiger partial charge on any atom is 0.214 e. The first-order chi connectivity index (χ1) is 25.1. The molecule has 16 heteroatoms. The molecular weight excluding hydrogens is 701 g/mol. The van der Waals surface area contributed by atoms with Gasteiger partial charge in [-0.3, -0.25) is 9.59 Å². The summed E-state index contributed by atoms with van der Waals surface area (Å²) < 4.78 is 0. The van der Waals surface area contributed by atoms with E-state index in [0.717, 1.165) is 98.5 Å². The van der Waals surface area contributed by atoms with Crippen molar-refractivity contribution in [1.82, 2.24) is 40.4 Å². The Kier molecular flexibility index (Phi) is 22.9. The number of hydrogen-bond donors (Lipinski definition) is 6. The van der Waals surface area contributed by atoms with E-state index in [-0.39, 0.29) is 26.3 Å². The summed E-state index contributed by atoms with van der Waals surface area (Å²) in [5, 5.41) is 25.2. The number of anilines is 2. The molecule has 0 saturated heterocycles. The van der Waals surface area contributed by atoms with Crippen LogP contribution in [0.25, 0.3) is 0 Å². The van der Waals surface area contributed by atoms with Crippen molar-refractivity contribution in [1.29, 1.82) is 0 Å². The third kappa shape index (κ3) is 17.0. The number of allylic oxidation sites excluding steroid dienone is 2. The lowest BCUT2D eigenvalue weighted by atomic mass is 10.2. The van der Waals surface area contributed by atoms with Crippen molar-refractivity contribution in [2.45, 2.75) is 105 Å². The Hall–Kier alpha value is -3.28. The minimum absolute atomic E-state index is 0.222. The van der Waals surface area contributed by atoms with E-state index in [1.807, 2.05) is 13.8 Å². The van der Waals surface area contributed by atoms with Crippen molar-refractivity contribution in [3.63, 3.8) is 0 Å². The third-order valence-corrected chi connectivity index (χ3v) is 11.4. The standard InChI is InChI=1S/C36H60N10O4S2/c1-27(45(25-49)23-31-21-41-29(3)43-35(31)37)33(13-17-39-15-9-5-7-11-19-47)51-52-34(14-18-40-16-10-6-8-12-20-48)28(2)46(26-50)24-32-22-42-30(4)44-36(32)38/h21-22,25-26,39-40,47-48H,5-20,23-24H2,1-4H3,(H2,37,41,43)(H2,38,42,44)/b33-27-,34-28-. The highest BCUT2D eigenvalue weighted by Gasteiger charge is 2.18. The number of hydrogen-bond acceptors (Lipinski definition) is 14. The number of nitrogen functional groups attached to an aromatic ring is 2. The van der Waals surface area contributed by atoms with Crippen LogP contribution in [0, 0.1) is 13.8 Å². The minimum Gasteiger partial charge on any atom is -0.396 e. The summed E-state index contributed by atoms with van der Waals surface area (Å²) in [5.41, 5.74) is 15.3. The second-order valence-electron chi connectivity index (χ2n) is 12.6. The van der Waals surface area contributed by atoms with Gasteiger partial charge >= 0.3 is 0 Å². The number of amides is 2. The second-order valence-corrected chi connectivity index (χ2v) is 14.9. The van der Waals surface area contributed by atoms with Crippen LogP contribution < -0.4 is 22.1 Å². The van der Waals surface area contributed by atoms with Crippen LogP contribution >= 0.6 is 21.6 Å². The Morgan fingerprint density at radius 2 is 1.06 bits per heavy atom. The van der Waals surface area contributed by atoms with Gasteiger partial charge in [-0.1, -0.05) is 47.3 Å². The fraction of sp³-hybridized carbons (Fsp3) is 0.611. The predicted molar refractivity (Wildman–Crippen MR) is 212 cm³/mol. The molecule has 0 aliphatic rings. The van der Waals surface area contributed by atoms with Crippen molar-refractivity contribution >= 4 is 46.0 Å². The highest BCUT2D eigenvalue weighted by atomic mass is 33.1. The molecule has 52 heavy (non-hydrogen) atoms. The van der Waals surface area contributed by atoms with Gasteiger partial charge in [-0.2, -0.15) is 0 Å². The topological polar surface area (TPSA) is 209 Å². The van der Waals surface area contributed by atoms with Crippen LogP contribution in [-0.2, 0) is 22.7 Å². The Balaban J connectivity index is 2.33. The quantitative estimate of drug-likeness (QED) is 0.0382. The number of nitrogens with two attached hydrogens (primary N) is 2. The summed E-state index contributed by atoms with van der Waals surface area (Å²) >= 11 is 0. The summed E-state index contributed by atoms with van der Waals surface area (Å²) in [5.74, 6) is 1.81. The fourth-order valence-corrected chi connectivity index (χ4v) is 8.05. The zero-order chi connectivity index (χ0) is 38.1. The van der Waals surface area contributed by atoms with Crippen molar-refractivity contribution in [2.24, 2.45) is 0 Å². The molecule has 0 fully saturated rings. The van der Waals surface area contributed by atoms with E-state index in [1.54, 1.807) is 57.6 Å². The van der Waals surface area contributed by atoms with Crippen molar-refractivity contribution in [3.8, 4) is 0 Å². The van der Waals surface area contributed by atoms with Crippen LogP contribution in [0.3, 0.4) is 0 Å². The Labute approximate surface area is 317 Å². The molecule has 0 unspecified atom stereocenters. The number of carbonyl (C=O) groups excluding carboxylic acids is 2. The molecule has 0 saturated carbocycles.